The number of hydrogen-bond donors (Lipinski definition) is 2. The number of hydrogen-bond acceptors (Lipinski definition) is 4. The lowest BCUT2D eigenvalue weighted by Crippen LogP contribution is -2.36. The third-order valence-electron chi connectivity index (χ3n) is 9.30. The van der Waals surface area contributed by atoms with Crippen LogP contribution >= 0.6 is 0 Å². The van der Waals surface area contributed by atoms with Gasteiger partial charge < -0.3 is 14.9 Å². The molecular formula is C35H57NO5. The molecule has 1 unspecified atom stereocenters. The molecule has 1 aromatic carbocycles. The molecule has 2 aliphatic carbocycles. The van der Waals surface area contributed by atoms with Crippen LogP contribution in [0.1, 0.15) is 144 Å². The molecule has 0 saturated heterocycles. The zero-order valence-electron chi connectivity index (χ0n) is 25.6. The number of nitrogens with zero attached hydrogens (tertiary/aromatic N) is 1. The van der Waals surface area contributed by atoms with E-state index in [0.29, 0.717) is 23.8 Å². The van der Waals surface area contributed by atoms with Crippen molar-refractivity contribution in [1.29, 1.82) is 0 Å². The maximum atomic E-state index is 11.4. The first-order valence-electron chi connectivity index (χ1n) is 16.9. The largest absolute Gasteiger partial charge is 0.481 e. The van der Waals surface area contributed by atoms with Crippen molar-refractivity contribution in [2.24, 2.45) is 11.8 Å². The second-order valence-electron chi connectivity index (χ2n) is 12.9. The number of unbranched alkanes of at least 4 members (excludes halogenated alkanes) is 1. The molecule has 0 amide bonds. The highest BCUT2D eigenvalue weighted by Gasteiger charge is 2.23. The molecule has 0 radical (unpaired) electrons. The van der Waals surface area contributed by atoms with Crippen molar-refractivity contribution in [2.75, 3.05) is 19.7 Å². The lowest BCUT2D eigenvalue weighted by molar-refractivity contribution is -0.137. The van der Waals surface area contributed by atoms with E-state index in [0.717, 1.165) is 44.6 Å². The number of benzene rings is 1. The minimum Gasteiger partial charge on any atom is -0.481 e. The van der Waals surface area contributed by atoms with Crippen molar-refractivity contribution >= 4 is 11.9 Å². The Morgan fingerprint density at radius 2 is 1.29 bits per heavy atom. The Labute approximate surface area is 249 Å². The minimum absolute atomic E-state index is 0.172. The van der Waals surface area contributed by atoms with Crippen LogP contribution in [0.25, 0.3) is 0 Å². The van der Waals surface area contributed by atoms with Gasteiger partial charge in [0.15, 0.2) is 0 Å². The van der Waals surface area contributed by atoms with Gasteiger partial charge in [-0.15, -0.1) is 0 Å². The number of carboxylic acid groups (broad SMARTS) is 2. The molecule has 0 heterocycles. The molecular weight excluding hydrogens is 514 g/mol. The van der Waals surface area contributed by atoms with Gasteiger partial charge >= 0.3 is 11.9 Å². The van der Waals surface area contributed by atoms with Crippen molar-refractivity contribution in [2.45, 2.75) is 141 Å². The third kappa shape index (κ3) is 14.7. The molecule has 2 saturated carbocycles. The monoisotopic (exact) mass is 571 g/mol. The van der Waals surface area contributed by atoms with Crippen molar-refractivity contribution in [3.05, 3.63) is 35.4 Å². The van der Waals surface area contributed by atoms with Crippen molar-refractivity contribution in [1.82, 2.24) is 4.90 Å². The SMILES string of the molecule is O=C(O)CCCCN(Cc1ccc(C(=O)O)cc1)CC(CC1CCCCCCCC1)OCC1CCCCCCCC1. The Bertz CT molecular complexity index is 837. The molecule has 3 rings (SSSR count). The quantitative estimate of drug-likeness (QED) is 0.205. The molecule has 0 spiro atoms. The number of rotatable bonds is 15. The Kier molecular flexibility index (Phi) is 16.4. The molecule has 41 heavy (non-hydrogen) atoms. The van der Waals surface area contributed by atoms with Gasteiger partial charge in [0.1, 0.15) is 0 Å². The summed E-state index contributed by atoms with van der Waals surface area (Å²) in [4.78, 5) is 24.9. The van der Waals surface area contributed by atoms with Crippen molar-refractivity contribution in [3.8, 4) is 0 Å². The molecule has 232 valence electrons. The van der Waals surface area contributed by atoms with Gasteiger partial charge in [-0.05, 0) is 68.2 Å². The number of ether oxygens (including phenoxy) is 1. The summed E-state index contributed by atoms with van der Waals surface area (Å²) in [5, 5.41) is 18.5. The number of carboxylic acids is 2. The molecule has 6 nitrogen and oxygen atoms in total. The van der Waals surface area contributed by atoms with E-state index >= 15 is 0 Å². The second-order valence-corrected chi connectivity index (χ2v) is 12.9. The van der Waals surface area contributed by atoms with Crippen LogP contribution in [0.5, 0.6) is 0 Å². The Morgan fingerprint density at radius 3 is 1.83 bits per heavy atom. The second kappa shape index (κ2) is 20.1. The van der Waals surface area contributed by atoms with E-state index in [1.807, 2.05) is 12.1 Å². The topological polar surface area (TPSA) is 87.1 Å². The van der Waals surface area contributed by atoms with Crippen LogP contribution in [0.3, 0.4) is 0 Å². The van der Waals surface area contributed by atoms with Crippen LogP contribution in [-0.4, -0.2) is 52.9 Å². The molecule has 0 aromatic heterocycles. The first-order valence-corrected chi connectivity index (χ1v) is 16.9. The molecule has 0 aliphatic heterocycles. The Balaban J connectivity index is 1.69. The Hall–Kier alpha value is -1.92. The summed E-state index contributed by atoms with van der Waals surface area (Å²) in [6, 6.07) is 7.20. The van der Waals surface area contributed by atoms with Gasteiger partial charge in [0.2, 0.25) is 0 Å². The van der Waals surface area contributed by atoms with Crippen LogP contribution in [0, 0.1) is 11.8 Å². The molecule has 2 N–H and O–H groups in total. The molecule has 0 bridgehead atoms. The highest BCUT2D eigenvalue weighted by Crippen LogP contribution is 2.28. The minimum atomic E-state index is -0.907. The lowest BCUT2D eigenvalue weighted by Gasteiger charge is -2.31. The maximum absolute atomic E-state index is 11.4. The van der Waals surface area contributed by atoms with E-state index in [2.05, 4.69) is 4.90 Å². The van der Waals surface area contributed by atoms with Gasteiger partial charge in [0.05, 0.1) is 11.7 Å². The van der Waals surface area contributed by atoms with E-state index < -0.39 is 11.9 Å². The van der Waals surface area contributed by atoms with Gasteiger partial charge in [0, 0.05) is 26.1 Å². The summed E-state index contributed by atoms with van der Waals surface area (Å²) in [7, 11) is 0. The maximum Gasteiger partial charge on any atom is 0.335 e. The van der Waals surface area contributed by atoms with Gasteiger partial charge in [-0.2, -0.15) is 0 Å². The molecule has 1 aromatic rings. The summed E-state index contributed by atoms with van der Waals surface area (Å²) in [6.45, 7) is 3.25. The summed E-state index contributed by atoms with van der Waals surface area (Å²) < 4.78 is 6.87. The van der Waals surface area contributed by atoms with Gasteiger partial charge in [-0.25, -0.2) is 4.79 Å². The first kappa shape index (κ1) is 33.6. The predicted molar refractivity (Wildman–Crippen MR) is 165 cm³/mol. The molecule has 1 atom stereocenters. The molecule has 6 heteroatoms. The highest BCUT2D eigenvalue weighted by atomic mass is 16.5. The summed E-state index contributed by atoms with van der Waals surface area (Å²) >= 11 is 0. The summed E-state index contributed by atoms with van der Waals surface area (Å²) in [5.74, 6) is -0.279. The average molecular weight is 572 g/mol. The van der Waals surface area contributed by atoms with Crippen LogP contribution in [-0.2, 0) is 16.1 Å². The summed E-state index contributed by atoms with van der Waals surface area (Å²) in [5.41, 5.74) is 1.39. The van der Waals surface area contributed by atoms with Gasteiger partial charge in [0.25, 0.3) is 0 Å². The normalized spacial score (nSPS) is 19.3. The van der Waals surface area contributed by atoms with Crippen molar-refractivity contribution < 1.29 is 24.5 Å². The predicted octanol–water partition coefficient (Wildman–Crippen LogP) is 8.72. The van der Waals surface area contributed by atoms with Crippen LogP contribution in [0.15, 0.2) is 24.3 Å². The van der Waals surface area contributed by atoms with Gasteiger partial charge in [-0.1, -0.05) is 102 Å². The third-order valence-corrected chi connectivity index (χ3v) is 9.30. The van der Waals surface area contributed by atoms with Crippen LogP contribution in [0.2, 0.25) is 0 Å². The highest BCUT2D eigenvalue weighted by molar-refractivity contribution is 5.87. The fourth-order valence-electron chi connectivity index (χ4n) is 6.82. The molecule has 2 aliphatic rings. The van der Waals surface area contributed by atoms with Gasteiger partial charge in [-0.3, -0.25) is 9.69 Å². The zero-order valence-corrected chi connectivity index (χ0v) is 25.6. The number of aliphatic carboxylic acids is 1. The van der Waals surface area contributed by atoms with Crippen molar-refractivity contribution in [3.63, 3.8) is 0 Å². The average Bonchev–Trinajstić information content (AvgIpc) is 3.17. The lowest BCUT2D eigenvalue weighted by atomic mass is 9.90. The number of carbonyl (C=O) groups is 2. The van der Waals surface area contributed by atoms with Crippen LogP contribution < -0.4 is 0 Å². The van der Waals surface area contributed by atoms with E-state index in [4.69, 9.17) is 9.84 Å². The number of aromatic carboxylic acids is 1. The standard InChI is InChI=1S/C35H57NO5/c37-34(38)19-13-14-24-36(26-30-20-22-32(23-21-30)35(39)40)27-33(25-29-15-9-5-1-2-6-10-16-29)41-28-31-17-11-7-3-4-8-12-18-31/h20-23,29,31,33H,1-19,24-28H2,(H,37,38)(H,39,40). The fourth-order valence-corrected chi connectivity index (χ4v) is 6.82. The van der Waals surface area contributed by atoms with E-state index in [9.17, 15) is 14.7 Å². The zero-order chi connectivity index (χ0) is 29.1. The fraction of sp³-hybridized carbons (Fsp3) is 0.771. The summed E-state index contributed by atoms with van der Waals surface area (Å²) in [6.07, 6.45) is 24.4. The smallest absolute Gasteiger partial charge is 0.335 e. The Morgan fingerprint density at radius 1 is 0.756 bits per heavy atom. The van der Waals surface area contributed by atoms with E-state index in [1.54, 1.807) is 12.1 Å². The first-order chi connectivity index (χ1) is 20.0. The van der Waals surface area contributed by atoms with Crippen LogP contribution in [0.4, 0.5) is 0 Å². The van der Waals surface area contributed by atoms with E-state index in [1.165, 1.54) is 103 Å². The van der Waals surface area contributed by atoms with E-state index in [-0.39, 0.29) is 12.5 Å². The molecule has 2 fully saturated rings.